The van der Waals surface area contributed by atoms with E-state index in [9.17, 15) is 9.59 Å². The third kappa shape index (κ3) is 4.95. The van der Waals surface area contributed by atoms with Gasteiger partial charge in [0.05, 0.1) is 13.2 Å². The van der Waals surface area contributed by atoms with E-state index in [1.54, 1.807) is 7.11 Å². The zero-order chi connectivity index (χ0) is 22.1. The Morgan fingerprint density at radius 3 is 2.43 bits per heavy atom. The molecule has 1 N–H and O–H groups in total. The molecule has 0 radical (unpaired) electrons. The Morgan fingerprint density at radius 2 is 1.87 bits per heavy atom. The fourth-order valence-corrected chi connectivity index (χ4v) is 4.97. The van der Waals surface area contributed by atoms with Crippen molar-refractivity contribution in [3.05, 3.63) is 33.1 Å². The molecule has 170 valence electrons. The van der Waals surface area contributed by atoms with E-state index in [1.165, 1.54) is 16.8 Å². The summed E-state index contributed by atoms with van der Waals surface area (Å²) in [7, 11) is -0.529. The lowest BCUT2D eigenvalue weighted by atomic mass is 10.1. The average molecular weight is 442 g/mol. The molecule has 10 heteroatoms. The zero-order valence-electron chi connectivity index (χ0n) is 18.8. The molecule has 9 nitrogen and oxygen atoms in total. The molecular formula is C20H35N3O6Si. The average Bonchev–Trinajstić information content (AvgIpc) is 2.98. The van der Waals surface area contributed by atoms with E-state index in [2.05, 4.69) is 43.7 Å². The second-order valence-electron chi connectivity index (χ2n) is 9.54. The molecule has 0 spiro atoms. The van der Waals surface area contributed by atoms with E-state index in [0.717, 1.165) is 13.1 Å². The van der Waals surface area contributed by atoms with Crippen LogP contribution in [0.15, 0.2) is 21.9 Å². The SMILES string of the molecule is CO[C@H]1C(O[Si](C)(C)C(C)(C)C)[C@@H](CN2CCOCC2)O[C@H]1n1ccc(=O)[nH]c1=O. The number of morpholine rings is 1. The van der Waals surface area contributed by atoms with Gasteiger partial charge in [0.15, 0.2) is 14.5 Å². The van der Waals surface area contributed by atoms with Crippen LogP contribution in [0.25, 0.3) is 0 Å². The van der Waals surface area contributed by atoms with E-state index in [-0.39, 0.29) is 17.2 Å². The van der Waals surface area contributed by atoms with E-state index >= 15 is 0 Å². The van der Waals surface area contributed by atoms with Gasteiger partial charge in [-0.1, -0.05) is 20.8 Å². The summed E-state index contributed by atoms with van der Waals surface area (Å²) in [5.41, 5.74) is -0.963. The number of nitrogens with one attached hydrogen (secondary N) is 1. The van der Waals surface area contributed by atoms with Crippen LogP contribution in [0.1, 0.15) is 27.0 Å². The minimum atomic E-state index is -2.14. The molecule has 0 amide bonds. The maximum Gasteiger partial charge on any atom is 0.330 e. The zero-order valence-corrected chi connectivity index (χ0v) is 19.8. The van der Waals surface area contributed by atoms with Gasteiger partial charge >= 0.3 is 5.69 Å². The molecule has 0 aromatic carbocycles. The van der Waals surface area contributed by atoms with Crippen LogP contribution in [-0.2, 0) is 18.6 Å². The first kappa shape index (κ1) is 23.4. The highest BCUT2D eigenvalue weighted by atomic mass is 28.4. The van der Waals surface area contributed by atoms with Crippen LogP contribution in [0.2, 0.25) is 18.1 Å². The van der Waals surface area contributed by atoms with Gasteiger partial charge in [0.2, 0.25) is 0 Å². The van der Waals surface area contributed by atoms with Crippen molar-refractivity contribution in [2.24, 2.45) is 0 Å². The van der Waals surface area contributed by atoms with Gasteiger partial charge in [-0.2, -0.15) is 0 Å². The molecule has 1 unspecified atom stereocenters. The van der Waals surface area contributed by atoms with Gasteiger partial charge in [0.25, 0.3) is 5.56 Å². The van der Waals surface area contributed by atoms with Crippen LogP contribution in [-0.4, -0.2) is 81.0 Å². The molecule has 2 aliphatic rings. The Labute approximate surface area is 178 Å². The normalized spacial score (nSPS) is 28.7. The summed E-state index contributed by atoms with van der Waals surface area (Å²) < 4.78 is 25.8. The number of nitrogens with zero attached hydrogens (tertiary/aromatic N) is 2. The lowest BCUT2D eigenvalue weighted by Crippen LogP contribution is -2.52. The van der Waals surface area contributed by atoms with Gasteiger partial charge in [-0.25, -0.2) is 4.79 Å². The highest BCUT2D eigenvalue weighted by Gasteiger charge is 2.51. The molecule has 4 atom stereocenters. The number of rotatable bonds is 6. The van der Waals surface area contributed by atoms with Crippen molar-refractivity contribution in [1.82, 2.24) is 14.5 Å². The van der Waals surface area contributed by atoms with Crippen molar-refractivity contribution in [3.63, 3.8) is 0 Å². The Kier molecular flexibility index (Phi) is 7.05. The maximum absolute atomic E-state index is 12.4. The maximum atomic E-state index is 12.4. The summed E-state index contributed by atoms with van der Waals surface area (Å²) in [5.74, 6) is 0. The van der Waals surface area contributed by atoms with Gasteiger partial charge in [0.1, 0.15) is 18.3 Å². The van der Waals surface area contributed by atoms with E-state index in [0.29, 0.717) is 19.8 Å². The summed E-state index contributed by atoms with van der Waals surface area (Å²) in [6.45, 7) is 14.7. The summed E-state index contributed by atoms with van der Waals surface area (Å²) in [6, 6.07) is 1.32. The first-order valence-electron chi connectivity index (χ1n) is 10.5. The fraction of sp³-hybridized carbons (Fsp3) is 0.800. The molecule has 0 bridgehead atoms. The summed E-state index contributed by atoms with van der Waals surface area (Å²) in [6.07, 6.45) is -0.305. The lowest BCUT2D eigenvalue weighted by Gasteiger charge is -2.41. The molecular weight excluding hydrogens is 406 g/mol. The molecule has 30 heavy (non-hydrogen) atoms. The van der Waals surface area contributed by atoms with Crippen LogP contribution in [0.3, 0.4) is 0 Å². The Hall–Kier alpha value is -1.30. The number of aromatic amines is 1. The molecule has 0 saturated carbocycles. The van der Waals surface area contributed by atoms with Gasteiger partial charge in [0, 0.05) is 39.0 Å². The number of hydrogen-bond donors (Lipinski definition) is 1. The molecule has 3 heterocycles. The molecule has 1 aromatic heterocycles. The van der Waals surface area contributed by atoms with Crippen molar-refractivity contribution < 1.29 is 18.6 Å². The summed E-state index contributed by atoms with van der Waals surface area (Å²) in [4.78, 5) is 28.6. The van der Waals surface area contributed by atoms with Crippen LogP contribution in [0.4, 0.5) is 0 Å². The van der Waals surface area contributed by atoms with Crippen molar-refractivity contribution in [2.45, 2.75) is 63.4 Å². The molecule has 0 aliphatic carbocycles. The molecule has 2 aliphatic heterocycles. The van der Waals surface area contributed by atoms with Gasteiger partial charge in [-0.05, 0) is 18.1 Å². The van der Waals surface area contributed by atoms with E-state index in [1.807, 2.05) is 0 Å². The number of ether oxygens (including phenoxy) is 3. The summed E-state index contributed by atoms with van der Waals surface area (Å²) >= 11 is 0. The smallest absolute Gasteiger partial charge is 0.330 e. The van der Waals surface area contributed by atoms with Crippen molar-refractivity contribution >= 4 is 8.32 Å². The minimum Gasteiger partial charge on any atom is -0.408 e. The van der Waals surface area contributed by atoms with Gasteiger partial charge < -0.3 is 18.6 Å². The molecule has 3 rings (SSSR count). The second kappa shape index (κ2) is 9.05. The van der Waals surface area contributed by atoms with E-state index in [4.69, 9.17) is 18.6 Å². The first-order valence-corrected chi connectivity index (χ1v) is 13.4. The predicted molar refractivity (Wildman–Crippen MR) is 115 cm³/mol. The Morgan fingerprint density at radius 1 is 1.20 bits per heavy atom. The minimum absolute atomic E-state index is 0.0156. The van der Waals surface area contributed by atoms with Crippen molar-refractivity contribution in [3.8, 4) is 0 Å². The van der Waals surface area contributed by atoms with Crippen LogP contribution >= 0.6 is 0 Å². The topological polar surface area (TPSA) is 95.0 Å². The number of methoxy groups -OCH3 is 1. The van der Waals surface area contributed by atoms with Gasteiger partial charge in [-0.3, -0.25) is 19.2 Å². The Bertz CT molecular complexity index is 827. The lowest BCUT2D eigenvalue weighted by molar-refractivity contribution is -0.0641. The predicted octanol–water partition coefficient (Wildman–Crippen LogP) is 1.17. The van der Waals surface area contributed by atoms with Crippen LogP contribution in [0, 0.1) is 0 Å². The van der Waals surface area contributed by atoms with Gasteiger partial charge in [-0.15, -0.1) is 0 Å². The monoisotopic (exact) mass is 441 g/mol. The Balaban J connectivity index is 1.92. The van der Waals surface area contributed by atoms with Crippen molar-refractivity contribution in [2.75, 3.05) is 40.0 Å². The van der Waals surface area contributed by atoms with E-state index < -0.39 is 31.9 Å². The third-order valence-corrected chi connectivity index (χ3v) is 10.9. The third-order valence-electron chi connectivity index (χ3n) is 6.46. The second-order valence-corrected chi connectivity index (χ2v) is 14.3. The number of hydrogen-bond acceptors (Lipinski definition) is 7. The van der Waals surface area contributed by atoms with Crippen molar-refractivity contribution in [1.29, 1.82) is 0 Å². The summed E-state index contributed by atoms with van der Waals surface area (Å²) in [5, 5.41) is 0.0156. The first-order chi connectivity index (χ1) is 14.0. The van der Waals surface area contributed by atoms with Crippen LogP contribution < -0.4 is 11.2 Å². The largest absolute Gasteiger partial charge is 0.408 e. The molecule has 2 saturated heterocycles. The number of aromatic nitrogens is 2. The van der Waals surface area contributed by atoms with Crippen LogP contribution in [0.5, 0.6) is 0 Å². The fourth-order valence-electron chi connectivity index (χ4n) is 3.65. The molecule has 2 fully saturated rings. The highest BCUT2D eigenvalue weighted by molar-refractivity contribution is 6.74. The standard InChI is InChI=1S/C20H35N3O6Si/c1-20(2,3)30(5,6)29-16-14(13-22-9-11-27-12-10-22)28-18(17(16)26-4)23-8-7-15(24)21-19(23)25/h7-8,14,16-18H,9-13H2,1-6H3,(H,21,24,25)/t14-,16?,17+,18-/m1/s1. The molecule has 1 aromatic rings. The highest BCUT2D eigenvalue weighted by Crippen LogP contribution is 2.41. The number of H-pyrrole nitrogens is 1. The quantitative estimate of drug-likeness (QED) is 0.662.